The molecular formula is C25H32N6O3. The van der Waals surface area contributed by atoms with Crippen molar-refractivity contribution >= 4 is 17.6 Å². The molecule has 180 valence electrons. The number of carbonyl (C=O) groups excluding carboxylic acids is 2. The number of urea groups is 1. The first-order valence-electron chi connectivity index (χ1n) is 11.9. The van der Waals surface area contributed by atoms with Crippen molar-refractivity contribution in [1.82, 2.24) is 26.4 Å². The van der Waals surface area contributed by atoms with Gasteiger partial charge in [-0.2, -0.15) is 5.43 Å². The van der Waals surface area contributed by atoms with Crippen LogP contribution in [0, 0.1) is 0 Å². The lowest BCUT2D eigenvalue weighted by molar-refractivity contribution is -0.118. The minimum atomic E-state index is -0.278. The van der Waals surface area contributed by atoms with Gasteiger partial charge in [0.05, 0.1) is 13.2 Å². The number of nitrogens with zero attached hydrogens (tertiary/aromatic N) is 2. The molecule has 3 aliphatic rings. The van der Waals surface area contributed by atoms with Crippen LogP contribution in [0.3, 0.4) is 0 Å². The van der Waals surface area contributed by atoms with Gasteiger partial charge in [0.15, 0.2) is 6.29 Å². The summed E-state index contributed by atoms with van der Waals surface area (Å²) < 4.78 is 5.72. The Kier molecular flexibility index (Phi) is 6.40. The number of aryl methyl sites for hydroxylation is 1. The van der Waals surface area contributed by atoms with Gasteiger partial charge in [-0.3, -0.25) is 15.1 Å². The number of likely N-dealkylation sites (tertiary alicyclic amines) is 1. The van der Waals surface area contributed by atoms with E-state index >= 15 is 0 Å². The molecule has 2 aromatic rings. The Morgan fingerprint density at radius 3 is 2.71 bits per heavy atom. The van der Waals surface area contributed by atoms with Gasteiger partial charge in [0.1, 0.15) is 5.75 Å². The Hall–Kier alpha value is -3.14. The lowest BCUT2D eigenvalue weighted by Gasteiger charge is -2.44. The topological polar surface area (TPSA) is 98.0 Å². The molecule has 2 aromatic carbocycles. The van der Waals surface area contributed by atoms with Gasteiger partial charge in [-0.05, 0) is 42.5 Å². The van der Waals surface area contributed by atoms with Crippen LogP contribution in [0.15, 0.2) is 42.5 Å². The predicted octanol–water partition coefficient (Wildman–Crippen LogP) is 2.00. The molecule has 9 nitrogen and oxygen atoms in total. The molecule has 5 rings (SSSR count). The standard InChI is InChI=1S/C25H32N6O3/c1-30-20-13-18(21(34-2)14-17(20)10-11-22(30)32)15-26-19-9-6-12-31(24-27-25(33)29-28-24)23(19)16-7-4-3-5-8-16/h3-5,7-8,13-14,19,23-24,26,28H,6,9-12,15H2,1-2H3,(H2,27,29,33). The summed E-state index contributed by atoms with van der Waals surface area (Å²) in [6.07, 6.45) is 3.01. The maximum atomic E-state index is 12.2. The van der Waals surface area contributed by atoms with E-state index in [-0.39, 0.29) is 30.3 Å². The van der Waals surface area contributed by atoms with Crippen LogP contribution in [-0.4, -0.2) is 49.9 Å². The number of benzene rings is 2. The highest BCUT2D eigenvalue weighted by molar-refractivity contribution is 5.96. The van der Waals surface area contributed by atoms with Crippen LogP contribution < -0.4 is 31.1 Å². The lowest BCUT2D eigenvalue weighted by atomic mass is 9.90. The van der Waals surface area contributed by atoms with E-state index in [0.717, 1.165) is 48.4 Å². The van der Waals surface area contributed by atoms with E-state index in [0.29, 0.717) is 13.0 Å². The van der Waals surface area contributed by atoms with Crippen LogP contribution in [-0.2, 0) is 17.8 Å². The number of piperidine rings is 1. The molecule has 0 aliphatic carbocycles. The number of nitrogens with one attached hydrogen (secondary N) is 4. The zero-order valence-corrected chi connectivity index (χ0v) is 19.6. The van der Waals surface area contributed by atoms with Crippen molar-refractivity contribution in [2.24, 2.45) is 0 Å². The van der Waals surface area contributed by atoms with Gasteiger partial charge in [-0.25, -0.2) is 4.79 Å². The highest BCUT2D eigenvalue weighted by atomic mass is 16.5. The van der Waals surface area contributed by atoms with Crippen LogP contribution in [0.25, 0.3) is 0 Å². The molecule has 0 bridgehead atoms. The quantitative estimate of drug-likeness (QED) is 0.522. The van der Waals surface area contributed by atoms with Crippen LogP contribution in [0.5, 0.6) is 5.75 Å². The highest BCUT2D eigenvalue weighted by Crippen LogP contribution is 2.35. The SMILES string of the molecule is COc1cc2c(cc1CNC1CCCN(C3NNC(=O)N3)C1c1ccccc1)N(C)C(=O)CC2. The number of amides is 3. The number of rotatable bonds is 6. The second-order valence-electron chi connectivity index (χ2n) is 9.11. The molecule has 3 unspecified atom stereocenters. The number of hydrogen-bond donors (Lipinski definition) is 4. The summed E-state index contributed by atoms with van der Waals surface area (Å²) in [5, 5.41) is 6.73. The first-order chi connectivity index (χ1) is 16.5. The Morgan fingerprint density at radius 1 is 1.15 bits per heavy atom. The molecule has 0 radical (unpaired) electrons. The zero-order valence-electron chi connectivity index (χ0n) is 19.6. The molecular weight excluding hydrogens is 432 g/mol. The van der Waals surface area contributed by atoms with Crippen molar-refractivity contribution in [3.05, 3.63) is 59.2 Å². The van der Waals surface area contributed by atoms with Crippen molar-refractivity contribution in [3.8, 4) is 5.75 Å². The average molecular weight is 465 g/mol. The number of methoxy groups -OCH3 is 1. The van der Waals surface area contributed by atoms with Crippen molar-refractivity contribution in [2.75, 3.05) is 25.6 Å². The molecule has 0 aromatic heterocycles. The molecule has 0 saturated carbocycles. The first-order valence-corrected chi connectivity index (χ1v) is 11.9. The Morgan fingerprint density at radius 2 is 1.97 bits per heavy atom. The minimum Gasteiger partial charge on any atom is -0.496 e. The van der Waals surface area contributed by atoms with E-state index in [1.165, 1.54) is 5.56 Å². The summed E-state index contributed by atoms with van der Waals surface area (Å²) in [5.41, 5.74) is 10.0. The van der Waals surface area contributed by atoms with Gasteiger partial charge < -0.3 is 20.3 Å². The number of fused-ring (bicyclic) bond motifs is 1. The summed E-state index contributed by atoms with van der Waals surface area (Å²) in [7, 11) is 3.53. The second-order valence-corrected chi connectivity index (χ2v) is 9.11. The summed E-state index contributed by atoms with van der Waals surface area (Å²) in [6, 6.07) is 14.6. The Labute approximate surface area is 199 Å². The molecule has 4 N–H and O–H groups in total. The fourth-order valence-electron chi connectivity index (χ4n) is 5.37. The van der Waals surface area contributed by atoms with E-state index in [9.17, 15) is 9.59 Å². The van der Waals surface area contributed by atoms with Crippen molar-refractivity contribution in [2.45, 2.75) is 50.6 Å². The summed E-state index contributed by atoms with van der Waals surface area (Å²) in [4.78, 5) is 28.1. The molecule has 2 fully saturated rings. The fourth-order valence-corrected chi connectivity index (χ4v) is 5.37. The predicted molar refractivity (Wildman–Crippen MR) is 129 cm³/mol. The lowest BCUT2D eigenvalue weighted by Crippen LogP contribution is -2.58. The fraction of sp³-hybridized carbons (Fsp3) is 0.440. The largest absolute Gasteiger partial charge is 0.496 e. The normalized spacial score (nSPS) is 25.0. The maximum Gasteiger partial charge on any atom is 0.331 e. The van der Waals surface area contributed by atoms with Gasteiger partial charge in [0.25, 0.3) is 0 Å². The van der Waals surface area contributed by atoms with Gasteiger partial charge in [0, 0.05) is 43.9 Å². The second kappa shape index (κ2) is 9.61. The highest BCUT2D eigenvalue weighted by Gasteiger charge is 2.39. The number of carbonyl (C=O) groups is 2. The zero-order chi connectivity index (χ0) is 23.7. The Bertz CT molecular complexity index is 1060. The van der Waals surface area contributed by atoms with Gasteiger partial charge in [0.2, 0.25) is 5.91 Å². The van der Waals surface area contributed by atoms with Crippen LogP contribution >= 0.6 is 0 Å². The summed E-state index contributed by atoms with van der Waals surface area (Å²) in [5.74, 6) is 0.982. The number of ether oxygens (including phenoxy) is 1. The van der Waals surface area contributed by atoms with Gasteiger partial charge in [-0.15, -0.1) is 0 Å². The van der Waals surface area contributed by atoms with E-state index in [1.807, 2.05) is 13.1 Å². The maximum absolute atomic E-state index is 12.2. The number of hydrazine groups is 1. The molecule has 3 aliphatic heterocycles. The molecule has 3 heterocycles. The number of anilines is 1. The van der Waals surface area contributed by atoms with E-state index in [2.05, 4.69) is 62.8 Å². The van der Waals surface area contributed by atoms with Gasteiger partial charge in [-0.1, -0.05) is 30.3 Å². The monoisotopic (exact) mass is 464 g/mol. The third-order valence-corrected chi connectivity index (χ3v) is 7.11. The third-order valence-electron chi connectivity index (χ3n) is 7.11. The third kappa shape index (κ3) is 4.34. The minimum absolute atomic E-state index is 0.0699. The molecule has 0 spiro atoms. The van der Waals surface area contributed by atoms with Crippen molar-refractivity contribution in [3.63, 3.8) is 0 Å². The molecule has 9 heteroatoms. The van der Waals surface area contributed by atoms with Crippen molar-refractivity contribution in [1.29, 1.82) is 0 Å². The average Bonchev–Trinajstić information content (AvgIpc) is 3.31. The van der Waals surface area contributed by atoms with Gasteiger partial charge >= 0.3 is 6.03 Å². The van der Waals surface area contributed by atoms with Crippen LogP contribution in [0.1, 0.15) is 42.0 Å². The van der Waals surface area contributed by atoms with E-state index < -0.39 is 0 Å². The summed E-state index contributed by atoms with van der Waals surface area (Å²) in [6.45, 7) is 1.48. The summed E-state index contributed by atoms with van der Waals surface area (Å²) >= 11 is 0. The Balaban J connectivity index is 1.40. The van der Waals surface area contributed by atoms with Crippen molar-refractivity contribution < 1.29 is 14.3 Å². The first kappa shape index (κ1) is 22.6. The number of hydrogen-bond acceptors (Lipinski definition) is 6. The molecule has 3 atom stereocenters. The van der Waals surface area contributed by atoms with Crippen LogP contribution in [0.2, 0.25) is 0 Å². The molecule has 34 heavy (non-hydrogen) atoms. The smallest absolute Gasteiger partial charge is 0.331 e. The molecule has 2 saturated heterocycles. The van der Waals surface area contributed by atoms with Crippen LogP contribution in [0.4, 0.5) is 10.5 Å². The van der Waals surface area contributed by atoms with E-state index in [1.54, 1.807) is 12.0 Å². The van der Waals surface area contributed by atoms with E-state index in [4.69, 9.17) is 4.74 Å². The molecule has 3 amide bonds.